The number of anilines is 1. The first-order valence-electron chi connectivity index (χ1n) is 8.05. The topological polar surface area (TPSA) is 72.5 Å². The van der Waals surface area contributed by atoms with Gasteiger partial charge in [-0.05, 0) is 43.2 Å². The maximum atomic E-state index is 12.3. The van der Waals surface area contributed by atoms with Crippen LogP contribution < -0.4 is 20.1 Å². The predicted octanol–water partition coefficient (Wildman–Crippen LogP) is 2.95. The first-order chi connectivity index (χ1) is 11.7. The normalized spacial score (nSPS) is 13.4. The number of carbonyl (C=O) groups is 1. The number of hydrogen-bond acceptors (Lipinski definition) is 5. The molecule has 2 aromatic rings. The number of pyridine rings is 1. The number of nitrogens with one attached hydrogen (secondary N) is 2. The Balaban J connectivity index is 1.61. The Morgan fingerprint density at radius 1 is 1.25 bits per heavy atom. The van der Waals surface area contributed by atoms with Gasteiger partial charge < -0.3 is 20.1 Å². The molecule has 0 saturated heterocycles. The molecule has 1 amide bonds. The monoisotopic (exact) mass is 327 g/mol. The second kappa shape index (κ2) is 7.21. The van der Waals surface area contributed by atoms with E-state index in [1.165, 1.54) is 0 Å². The molecule has 6 nitrogen and oxygen atoms in total. The summed E-state index contributed by atoms with van der Waals surface area (Å²) in [7, 11) is 0. The summed E-state index contributed by atoms with van der Waals surface area (Å²) in [6.45, 7) is 4.85. The van der Waals surface area contributed by atoms with Gasteiger partial charge in [0.05, 0.1) is 0 Å². The first-order valence-corrected chi connectivity index (χ1v) is 8.05. The van der Waals surface area contributed by atoms with E-state index < -0.39 is 0 Å². The lowest BCUT2D eigenvalue weighted by molar-refractivity contribution is 0.0946. The van der Waals surface area contributed by atoms with Crippen LogP contribution in [0, 0.1) is 0 Å². The molecule has 1 unspecified atom stereocenters. The Morgan fingerprint density at radius 2 is 2.08 bits per heavy atom. The van der Waals surface area contributed by atoms with Crippen LogP contribution in [0.5, 0.6) is 11.5 Å². The van der Waals surface area contributed by atoms with E-state index in [1.54, 1.807) is 12.3 Å². The van der Waals surface area contributed by atoms with Gasteiger partial charge in [-0.15, -0.1) is 0 Å². The van der Waals surface area contributed by atoms with Gasteiger partial charge in [-0.2, -0.15) is 0 Å². The van der Waals surface area contributed by atoms with Crippen LogP contribution in [0.3, 0.4) is 0 Å². The van der Waals surface area contributed by atoms with Gasteiger partial charge in [-0.1, -0.05) is 13.0 Å². The third-order valence-electron chi connectivity index (χ3n) is 3.91. The standard InChI is InChI=1S/C18H21N3O3/c1-3-12(2)21-14-6-7-19-15(9-14)18(22)20-10-13-4-5-16-17(8-13)24-11-23-16/h4-9,12H,3,10-11H2,1-2H3,(H,19,21)(H,20,22). The molecule has 0 aliphatic carbocycles. The minimum absolute atomic E-state index is 0.208. The first kappa shape index (κ1) is 16.1. The molecule has 1 aromatic heterocycles. The van der Waals surface area contributed by atoms with E-state index in [1.807, 2.05) is 24.3 Å². The molecule has 0 bridgehead atoms. The van der Waals surface area contributed by atoms with Crippen LogP contribution in [-0.4, -0.2) is 23.7 Å². The summed E-state index contributed by atoms with van der Waals surface area (Å²) in [5.41, 5.74) is 2.23. The van der Waals surface area contributed by atoms with Crippen molar-refractivity contribution >= 4 is 11.6 Å². The van der Waals surface area contributed by atoms with E-state index in [-0.39, 0.29) is 12.7 Å². The third-order valence-corrected chi connectivity index (χ3v) is 3.91. The SMILES string of the molecule is CCC(C)Nc1ccnc(C(=O)NCc2ccc3c(c2)OCO3)c1. The van der Waals surface area contributed by atoms with E-state index in [4.69, 9.17) is 9.47 Å². The number of hydrogen-bond donors (Lipinski definition) is 2. The van der Waals surface area contributed by atoms with Crippen molar-refractivity contribution in [3.63, 3.8) is 0 Å². The lowest BCUT2D eigenvalue weighted by atomic mass is 10.2. The molecule has 3 rings (SSSR count). The molecule has 2 N–H and O–H groups in total. The van der Waals surface area contributed by atoms with E-state index >= 15 is 0 Å². The third kappa shape index (κ3) is 3.76. The van der Waals surface area contributed by atoms with Gasteiger partial charge in [0, 0.05) is 24.5 Å². The lowest BCUT2D eigenvalue weighted by Gasteiger charge is -2.13. The van der Waals surface area contributed by atoms with Crippen LogP contribution in [0.2, 0.25) is 0 Å². The molecule has 2 heterocycles. The highest BCUT2D eigenvalue weighted by Crippen LogP contribution is 2.32. The molecule has 6 heteroatoms. The molecule has 0 saturated carbocycles. The summed E-state index contributed by atoms with van der Waals surface area (Å²) >= 11 is 0. The number of aromatic nitrogens is 1. The highest BCUT2D eigenvalue weighted by atomic mass is 16.7. The quantitative estimate of drug-likeness (QED) is 0.853. The fraction of sp³-hybridized carbons (Fsp3) is 0.333. The van der Waals surface area contributed by atoms with E-state index in [0.29, 0.717) is 24.0 Å². The Labute approximate surface area is 141 Å². The summed E-state index contributed by atoms with van der Waals surface area (Å²) in [5.74, 6) is 1.23. The number of nitrogens with zero attached hydrogens (tertiary/aromatic N) is 1. The number of benzene rings is 1. The van der Waals surface area contributed by atoms with Gasteiger partial charge >= 0.3 is 0 Å². The summed E-state index contributed by atoms with van der Waals surface area (Å²) in [5, 5.41) is 6.21. The maximum Gasteiger partial charge on any atom is 0.270 e. The minimum atomic E-state index is -0.208. The van der Waals surface area contributed by atoms with Crippen LogP contribution in [0.4, 0.5) is 5.69 Å². The van der Waals surface area contributed by atoms with Crippen molar-refractivity contribution in [2.24, 2.45) is 0 Å². The zero-order valence-corrected chi connectivity index (χ0v) is 13.8. The predicted molar refractivity (Wildman–Crippen MR) is 91.3 cm³/mol. The van der Waals surface area contributed by atoms with E-state index in [0.717, 1.165) is 23.4 Å². The molecule has 1 atom stereocenters. The molecular formula is C18H21N3O3. The van der Waals surface area contributed by atoms with Crippen molar-refractivity contribution in [2.45, 2.75) is 32.9 Å². The Morgan fingerprint density at radius 3 is 2.92 bits per heavy atom. The Hall–Kier alpha value is -2.76. The second-order valence-electron chi connectivity index (χ2n) is 5.75. The average molecular weight is 327 g/mol. The van der Waals surface area contributed by atoms with Gasteiger partial charge in [0.1, 0.15) is 5.69 Å². The fourth-order valence-electron chi connectivity index (χ4n) is 2.35. The highest BCUT2D eigenvalue weighted by Gasteiger charge is 2.14. The average Bonchev–Trinajstić information content (AvgIpc) is 3.07. The zero-order valence-electron chi connectivity index (χ0n) is 13.8. The number of rotatable bonds is 6. The van der Waals surface area contributed by atoms with Crippen LogP contribution >= 0.6 is 0 Å². The highest BCUT2D eigenvalue weighted by molar-refractivity contribution is 5.93. The molecule has 24 heavy (non-hydrogen) atoms. The molecule has 126 valence electrons. The fourth-order valence-corrected chi connectivity index (χ4v) is 2.35. The summed E-state index contributed by atoms with van der Waals surface area (Å²) in [4.78, 5) is 16.4. The van der Waals surface area contributed by atoms with E-state index in [9.17, 15) is 4.79 Å². The van der Waals surface area contributed by atoms with Crippen LogP contribution in [0.15, 0.2) is 36.5 Å². The van der Waals surface area contributed by atoms with Crippen molar-refractivity contribution in [3.8, 4) is 11.5 Å². The summed E-state index contributed by atoms with van der Waals surface area (Å²) in [6.07, 6.45) is 2.65. The van der Waals surface area contributed by atoms with E-state index in [2.05, 4.69) is 29.5 Å². The van der Waals surface area contributed by atoms with Crippen LogP contribution in [0.1, 0.15) is 36.3 Å². The number of carbonyl (C=O) groups excluding carboxylic acids is 1. The molecule has 0 radical (unpaired) electrons. The summed E-state index contributed by atoms with van der Waals surface area (Å²) < 4.78 is 10.6. The molecular weight excluding hydrogens is 306 g/mol. The zero-order chi connectivity index (χ0) is 16.9. The van der Waals surface area contributed by atoms with Gasteiger partial charge in [0.25, 0.3) is 5.91 Å². The molecule has 0 fully saturated rings. The number of amides is 1. The van der Waals surface area contributed by atoms with Gasteiger partial charge in [-0.3, -0.25) is 9.78 Å². The largest absolute Gasteiger partial charge is 0.454 e. The van der Waals surface area contributed by atoms with Crippen LogP contribution in [-0.2, 0) is 6.54 Å². The van der Waals surface area contributed by atoms with Gasteiger partial charge in [-0.25, -0.2) is 0 Å². The number of fused-ring (bicyclic) bond motifs is 1. The Kier molecular flexibility index (Phi) is 4.84. The van der Waals surface area contributed by atoms with Crippen molar-refractivity contribution in [3.05, 3.63) is 47.8 Å². The number of ether oxygens (including phenoxy) is 2. The lowest BCUT2D eigenvalue weighted by Crippen LogP contribution is -2.24. The molecule has 0 spiro atoms. The smallest absolute Gasteiger partial charge is 0.270 e. The minimum Gasteiger partial charge on any atom is -0.454 e. The van der Waals surface area contributed by atoms with Gasteiger partial charge in [0.15, 0.2) is 11.5 Å². The maximum absolute atomic E-state index is 12.3. The van der Waals surface area contributed by atoms with Gasteiger partial charge in [0.2, 0.25) is 6.79 Å². The molecule has 1 aromatic carbocycles. The van der Waals surface area contributed by atoms with Crippen molar-refractivity contribution < 1.29 is 14.3 Å². The Bertz CT molecular complexity index is 733. The van der Waals surface area contributed by atoms with Crippen molar-refractivity contribution in [1.82, 2.24) is 10.3 Å². The van der Waals surface area contributed by atoms with Crippen molar-refractivity contribution in [1.29, 1.82) is 0 Å². The van der Waals surface area contributed by atoms with Crippen molar-refractivity contribution in [2.75, 3.05) is 12.1 Å². The molecule has 1 aliphatic heterocycles. The summed E-state index contributed by atoms with van der Waals surface area (Å²) in [6, 6.07) is 9.59. The van der Waals surface area contributed by atoms with Crippen LogP contribution in [0.25, 0.3) is 0 Å². The molecule has 1 aliphatic rings. The second-order valence-corrected chi connectivity index (χ2v) is 5.75.